The van der Waals surface area contributed by atoms with Gasteiger partial charge >= 0.3 is 5.97 Å². The van der Waals surface area contributed by atoms with Gasteiger partial charge in [0, 0.05) is 63.3 Å². The van der Waals surface area contributed by atoms with Crippen LogP contribution in [0.4, 0.5) is 0 Å². The van der Waals surface area contributed by atoms with Gasteiger partial charge in [-0.2, -0.15) is 0 Å². The molecule has 0 bridgehead atoms. The SMILES string of the molecule is CCn1c2ccc(C(=O)C(CCc3ccccc3SC)=NOC(C)=O)cc2c2cc(C(=O)c3ccccc3C)ccc21. The number of carbonyl (C=O) groups is 3. The maximum absolute atomic E-state index is 13.8. The first-order valence-corrected chi connectivity index (χ1v) is 15.1. The molecule has 6 nitrogen and oxygen atoms in total. The number of hydrogen-bond acceptors (Lipinski definition) is 6. The number of aromatic nitrogens is 1. The molecule has 0 unspecified atom stereocenters. The van der Waals surface area contributed by atoms with Crippen LogP contribution in [-0.4, -0.2) is 34.1 Å². The van der Waals surface area contributed by atoms with Gasteiger partial charge in [0.2, 0.25) is 5.78 Å². The number of thioether (sulfide) groups is 1. The summed E-state index contributed by atoms with van der Waals surface area (Å²) in [7, 11) is 0. The second-order valence-corrected chi connectivity index (χ2v) is 11.0. The average molecular weight is 577 g/mol. The van der Waals surface area contributed by atoms with E-state index >= 15 is 0 Å². The van der Waals surface area contributed by atoms with Crippen LogP contribution in [0.2, 0.25) is 0 Å². The molecule has 0 radical (unpaired) electrons. The van der Waals surface area contributed by atoms with Crippen molar-refractivity contribution < 1.29 is 19.2 Å². The molecule has 5 rings (SSSR count). The van der Waals surface area contributed by atoms with Gasteiger partial charge in [-0.1, -0.05) is 47.6 Å². The molecule has 0 N–H and O–H groups in total. The Bertz CT molecular complexity index is 1870. The number of nitrogens with zero attached hydrogens (tertiary/aromatic N) is 2. The van der Waals surface area contributed by atoms with Gasteiger partial charge in [0.05, 0.1) is 0 Å². The van der Waals surface area contributed by atoms with Crippen molar-refractivity contribution >= 4 is 56.8 Å². The molecule has 4 aromatic carbocycles. The molecule has 7 heteroatoms. The number of ketones is 2. The number of aryl methyl sites for hydroxylation is 3. The topological polar surface area (TPSA) is 77.7 Å². The summed E-state index contributed by atoms with van der Waals surface area (Å²) in [4.78, 5) is 44.9. The number of Topliss-reactive ketones (excluding diaryl/α,β-unsaturated/α-hetero) is 1. The molecule has 0 saturated carbocycles. The first-order valence-electron chi connectivity index (χ1n) is 13.9. The number of benzene rings is 4. The molecule has 0 amide bonds. The molecule has 0 aliphatic carbocycles. The second kappa shape index (κ2) is 12.6. The Balaban J connectivity index is 1.55. The molecule has 1 heterocycles. The normalized spacial score (nSPS) is 11.7. The Morgan fingerprint density at radius 2 is 1.50 bits per heavy atom. The van der Waals surface area contributed by atoms with Gasteiger partial charge in [-0.25, -0.2) is 4.79 Å². The van der Waals surface area contributed by atoms with E-state index in [1.807, 2.05) is 92.0 Å². The Hall–Kier alpha value is -4.49. The average Bonchev–Trinajstić information content (AvgIpc) is 3.32. The lowest BCUT2D eigenvalue weighted by Crippen LogP contribution is -2.17. The van der Waals surface area contributed by atoms with E-state index in [0.717, 1.165) is 44.4 Å². The van der Waals surface area contributed by atoms with Crippen molar-refractivity contribution in [1.82, 2.24) is 4.57 Å². The van der Waals surface area contributed by atoms with E-state index in [-0.39, 0.29) is 17.3 Å². The number of rotatable bonds is 10. The summed E-state index contributed by atoms with van der Waals surface area (Å²) in [6, 6.07) is 26.9. The molecule has 5 aromatic rings. The molecule has 42 heavy (non-hydrogen) atoms. The van der Waals surface area contributed by atoms with Crippen molar-refractivity contribution in [1.29, 1.82) is 0 Å². The molecule has 0 saturated heterocycles. The Labute approximate surface area is 249 Å². The number of hydrogen-bond donors (Lipinski definition) is 0. The minimum absolute atomic E-state index is 0.0408. The third kappa shape index (κ3) is 5.78. The maximum Gasteiger partial charge on any atom is 0.331 e. The molecule has 0 fully saturated rings. The highest BCUT2D eigenvalue weighted by Gasteiger charge is 2.20. The molecule has 1 aromatic heterocycles. The lowest BCUT2D eigenvalue weighted by atomic mass is 9.97. The standard InChI is InChI=1S/C35H32N2O4S/c1-5-37-31-18-15-25(34(39)27-12-8-6-10-22(27)2)20-28(31)29-21-26(16-19-32(29)37)35(40)30(36-41-23(3)38)17-14-24-11-7-9-13-33(24)42-4/h6-13,15-16,18-21H,5,14,17H2,1-4H3. The minimum atomic E-state index is -0.586. The Morgan fingerprint density at radius 3 is 2.17 bits per heavy atom. The van der Waals surface area contributed by atoms with Crippen LogP contribution in [0.3, 0.4) is 0 Å². The van der Waals surface area contributed by atoms with Gasteiger partial charge in [-0.05, 0) is 80.1 Å². The van der Waals surface area contributed by atoms with Crippen LogP contribution < -0.4 is 0 Å². The van der Waals surface area contributed by atoms with Crippen molar-refractivity contribution in [3.05, 3.63) is 113 Å². The van der Waals surface area contributed by atoms with E-state index in [4.69, 9.17) is 4.84 Å². The number of fused-ring (bicyclic) bond motifs is 3. The predicted octanol–water partition coefficient (Wildman–Crippen LogP) is 7.81. The first kappa shape index (κ1) is 29.0. The molecule has 212 valence electrons. The first-order chi connectivity index (χ1) is 20.3. The third-order valence-corrected chi connectivity index (χ3v) is 8.30. The van der Waals surface area contributed by atoms with Gasteiger partial charge in [0.25, 0.3) is 0 Å². The van der Waals surface area contributed by atoms with Gasteiger partial charge in [0.15, 0.2) is 5.78 Å². The van der Waals surface area contributed by atoms with E-state index < -0.39 is 5.97 Å². The van der Waals surface area contributed by atoms with Crippen molar-refractivity contribution in [3.8, 4) is 0 Å². The van der Waals surface area contributed by atoms with Gasteiger partial charge in [-0.15, -0.1) is 11.8 Å². The fourth-order valence-corrected chi connectivity index (χ4v) is 6.01. The monoisotopic (exact) mass is 576 g/mol. The second-order valence-electron chi connectivity index (χ2n) is 10.1. The smallest absolute Gasteiger partial charge is 0.331 e. The van der Waals surface area contributed by atoms with Crippen LogP contribution in [-0.2, 0) is 22.6 Å². The largest absolute Gasteiger partial charge is 0.341 e. The van der Waals surface area contributed by atoms with E-state index in [2.05, 4.69) is 16.6 Å². The number of oxime groups is 1. The zero-order valence-electron chi connectivity index (χ0n) is 24.1. The van der Waals surface area contributed by atoms with Crippen LogP contribution in [0.5, 0.6) is 0 Å². The summed E-state index contributed by atoms with van der Waals surface area (Å²) < 4.78 is 2.17. The summed E-state index contributed by atoms with van der Waals surface area (Å²) in [6.45, 7) is 5.99. The summed E-state index contributed by atoms with van der Waals surface area (Å²) in [6.07, 6.45) is 2.90. The molecule has 0 aliphatic heterocycles. The third-order valence-electron chi connectivity index (χ3n) is 7.47. The molecule has 0 aliphatic rings. The van der Waals surface area contributed by atoms with Crippen LogP contribution in [0.25, 0.3) is 21.8 Å². The summed E-state index contributed by atoms with van der Waals surface area (Å²) in [5.74, 6) is -0.928. The van der Waals surface area contributed by atoms with Gasteiger partial charge in [-0.3, -0.25) is 9.59 Å². The van der Waals surface area contributed by atoms with Gasteiger partial charge < -0.3 is 9.40 Å². The van der Waals surface area contributed by atoms with Crippen LogP contribution >= 0.6 is 11.8 Å². The van der Waals surface area contributed by atoms with Crippen LogP contribution in [0, 0.1) is 6.92 Å². The molecule has 0 atom stereocenters. The Kier molecular flexibility index (Phi) is 8.69. The summed E-state index contributed by atoms with van der Waals surface area (Å²) in [5, 5.41) is 5.74. The van der Waals surface area contributed by atoms with Crippen molar-refractivity contribution in [2.24, 2.45) is 5.16 Å². The van der Waals surface area contributed by atoms with Crippen molar-refractivity contribution in [2.75, 3.05) is 6.26 Å². The molecule has 0 spiro atoms. The van der Waals surface area contributed by atoms with Crippen LogP contribution in [0.15, 0.2) is 95.0 Å². The quantitative estimate of drug-likeness (QED) is 0.0557. The lowest BCUT2D eigenvalue weighted by Gasteiger charge is -2.09. The molecular formula is C35H32N2O4S. The van der Waals surface area contributed by atoms with E-state index in [9.17, 15) is 14.4 Å². The number of carbonyl (C=O) groups excluding carboxylic acids is 3. The predicted molar refractivity (Wildman–Crippen MR) is 170 cm³/mol. The molecular weight excluding hydrogens is 544 g/mol. The highest BCUT2D eigenvalue weighted by atomic mass is 32.2. The fraction of sp³-hybridized carbons (Fsp3) is 0.200. The fourth-order valence-electron chi connectivity index (χ4n) is 5.36. The zero-order chi connectivity index (χ0) is 29.8. The maximum atomic E-state index is 13.8. The summed E-state index contributed by atoms with van der Waals surface area (Å²) >= 11 is 1.64. The highest BCUT2D eigenvalue weighted by molar-refractivity contribution is 7.98. The van der Waals surface area contributed by atoms with Crippen molar-refractivity contribution in [2.45, 2.75) is 45.1 Å². The highest BCUT2D eigenvalue weighted by Crippen LogP contribution is 2.32. The van der Waals surface area contributed by atoms with Gasteiger partial charge in [0.1, 0.15) is 5.71 Å². The minimum Gasteiger partial charge on any atom is -0.341 e. The van der Waals surface area contributed by atoms with E-state index in [1.165, 1.54) is 6.92 Å². The van der Waals surface area contributed by atoms with E-state index in [1.54, 1.807) is 17.8 Å². The Morgan fingerprint density at radius 1 is 0.857 bits per heavy atom. The van der Waals surface area contributed by atoms with Crippen molar-refractivity contribution in [3.63, 3.8) is 0 Å². The zero-order valence-corrected chi connectivity index (χ0v) is 25.0. The summed E-state index contributed by atoms with van der Waals surface area (Å²) in [5.41, 5.74) is 5.85. The van der Waals surface area contributed by atoms with E-state index in [0.29, 0.717) is 29.5 Å². The van der Waals surface area contributed by atoms with Crippen LogP contribution in [0.1, 0.15) is 57.7 Å². The lowest BCUT2D eigenvalue weighted by molar-refractivity contribution is -0.140.